The number of ether oxygens (including phenoxy) is 1. The van der Waals surface area contributed by atoms with Gasteiger partial charge in [0, 0.05) is 6.54 Å². The number of hydrogen-bond donors (Lipinski definition) is 1. The standard InChI is InChI=1S/C18H26FNO/c1-17(2)14-4-5-18(17,3)16(9-14)21-11-13-6-12(10-20)7-15(19)8-13/h6-8,14,16H,4-5,9-11,20H2,1-3H3. The van der Waals surface area contributed by atoms with Crippen LogP contribution in [0.25, 0.3) is 0 Å². The summed E-state index contributed by atoms with van der Waals surface area (Å²) < 4.78 is 19.8. The van der Waals surface area contributed by atoms with Crippen LogP contribution in [0, 0.1) is 22.6 Å². The maximum Gasteiger partial charge on any atom is 0.123 e. The van der Waals surface area contributed by atoms with Gasteiger partial charge in [0.25, 0.3) is 0 Å². The van der Waals surface area contributed by atoms with Gasteiger partial charge in [-0.25, -0.2) is 4.39 Å². The molecular weight excluding hydrogens is 265 g/mol. The van der Waals surface area contributed by atoms with E-state index in [-0.39, 0.29) is 17.3 Å². The summed E-state index contributed by atoms with van der Waals surface area (Å²) in [5.41, 5.74) is 7.92. The summed E-state index contributed by atoms with van der Waals surface area (Å²) in [6.45, 7) is 7.96. The molecule has 2 aliphatic carbocycles. The zero-order valence-electron chi connectivity index (χ0n) is 13.3. The van der Waals surface area contributed by atoms with Crippen LogP contribution in [-0.2, 0) is 17.9 Å². The number of hydrogen-bond acceptors (Lipinski definition) is 2. The quantitative estimate of drug-likeness (QED) is 0.909. The van der Waals surface area contributed by atoms with Gasteiger partial charge in [-0.15, -0.1) is 0 Å². The first-order chi connectivity index (χ1) is 9.86. The molecule has 3 unspecified atom stereocenters. The van der Waals surface area contributed by atoms with Gasteiger partial charge in [0.05, 0.1) is 12.7 Å². The summed E-state index contributed by atoms with van der Waals surface area (Å²) in [7, 11) is 0. The molecule has 3 heteroatoms. The Kier molecular flexibility index (Phi) is 3.61. The minimum absolute atomic E-state index is 0.226. The van der Waals surface area contributed by atoms with Crippen molar-refractivity contribution in [2.45, 2.75) is 59.3 Å². The smallest absolute Gasteiger partial charge is 0.123 e. The fraction of sp³-hybridized carbons (Fsp3) is 0.667. The van der Waals surface area contributed by atoms with E-state index in [1.807, 2.05) is 6.07 Å². The molecule has 1 aromatic carbocycles. The van der Waals surface area contributed by atoms with E-state index in [9.17, 15) is 4.39 Å². The predicted octanol–water partition coefficient (Wildman–Crippen LogP) is 4.02. The molecule has 2 nitrogen and oxygen atoms in total. The van der Waals surface area contributed by atoms with Gasteiger partial charge in [0.1, 0.15) is 5.82 Å². The summed E-state index contributed by atoms with van der Waals surface area (Å²) in [5.74, 6) is 0.538. The Labute approximate surface area is 126 Å². The first kappa shape index (κ1) is 15.0. The van der Waals surface area contributed by atoms with E-state index in [2.05, 4.69) is 20.8 Å². The van der Waals surface area contributed by atoms with Gasteiger partial charge in [-0.3, -0.25) is 0 Å². The summed E-state index contributed by atoms with van der Waals surface area (Å²) in [5, 5.41) is 0. The lowest BCUT2D eigenvalue weighted by molar-refractivity contribution is -0.0551. The molecule has 2 saturated carbocycles. The Hall–Kier alpha value is -0.930. The third-order valence-corrected chi connectivity index (χ3v) is 6.42. The van der Waals surface area contributed by atoms with Crippen LogP contribution in [-0.4, -0.2) is 6.10 Å². The maximum atomic E-state index is 13.6. The topological polar surface area (TPSA) is 35.2 Å². The molecule has 2 fully saturated rings. The van der Waals surface area contributed by atoms with E-state index in [0.29, 0.717) is 18.6 Å². The van der Waals surface area contributed by atoms with Gasteiger partial charge >= 0.3 is 0 Å². The van der Waals surface area contributed by atoms with E-state index >= 15 is 0 Å². The average Bonchev–Trinajstić information content (AvgIpc) is 2.77. The molecule has 3 atom stereocenters. The van der Waals surface area contributed by atoms with Crippen molar-refractivity contribution in [2.75, 3.05) is 0 Å². The highest BCUT2D eigenvalue weighted by Gasteiger charge is 2.61. The first-order valence-corrected chi connectivity index (χ1v) is 7.97. The predicted molar refractivity (Wildman–Crippen MR) is 82.1 cm³/mol. The highest BCUT2D eigenvalue weighted by atomic mass is 19.1. The number of nitrogens with two attached hydrogens (primary N) is 1. The highest BCUT2D eigenvalue weighted by molar-refractivity contribution is 5.24. The molecule has 0 radical (unpaired) electrons. The lowest BCUT2D eigenvalue weighted by atomic mass is 9.70. The van der Waals surface area contributed by atoms with Gasteiger partial charge in [-0.1, -0.05) is 26.8 Å². The molecule has 0 aliphatic heterocycles. The fourth-order valence-corrected chi connectivity index (χ4v) is 4.50. The molecule has 2 bridgehead atoms. The molecule has 1 aromatic rings. The number of halogens is 1. The lowest BCUT2D eigenvalue weighted by Gasteiger charge is -2.39. The van der Waals surface area contributed by atoms with Crippen LogP contribution in [0.5, 0.6) is 0 Å². The van der Waals surface area contributed by atoms with Crippen molar-refractivity contribution in [3.05, 3.63) is 35.1 Å². The molecule has 2 N–H and O–H groups in total. The average molecular weight is 291 g/mol. The van der Waals surface area contributed by atoms with Crippen molar-refractivity contribution < 1.29 is 9.13 Å². The molecule has 3 rings (SSSR count). The van der Waals surface area contributed by atoms with E-state index in [4.69, 9.17) is 10.5 Å². The Bertz CT molecular complexity index is 542. The Morgan fingerprint density at radius 1 is 1.24 bits per heavy atom. The molecule has 0 aromatic heterocycles. The van der Waals surface area contributed by atoms with E-state index in [1.165, 1.54) is 18.9 Å². The van der Waals surface area contributed by atoms with Crippen molar-refractivity contribution in [2.24, 2.45) is 22.5 Å². The Morgan fingerprint density at radius 3 is 2.52 bits per heavy atom. The number of rotatable bonds is 4. The highest BCUT2D eigenvalue weighted by Crippen LogP contribution is 2.66. The van der Waals surface area contributed by atoms with E-state index in [0.717, 1.165) is 23.5 Å². The van der Waals surface area contributed by atoms with Gasteiger partial charge in [-0.05, 0) is 59.3 Å². The SMILES string of the molecule is CC1(C)C2CCC1(C)C(OCc1cc(F)cc(CN)c1)C2. The van der Waals surface area contributed by atoms with Crippen LogP contribution in [0.3, 0.4) is 0 Å². The lowest BCUT2D eigenvalue weighted by Crippen LogP contribution is -2.37. The molecule has 116 valence electrons. The van der Waals surface area contributed by atoms with Crippen LogP contribution in [0.15, 0.2) is 18.2 Å². The molecule has 0 heterocycles. The normalized spacial score (nSPS) is 33.6. The van der Waals surface area contributed by atoms with Crippen LogP contribution in [0.1, 0.15) is 51.2 Å². The van der Waals surface area contributed by atoms with E-state index in [1.54, 1.807) is 6.07 Å². The van der Waals surface area contributed by atoms with Gasteiger partial charge < -0.3 is 10.5 Å². The maximum absolute atomic E-state index is 13.6. The van der Waals surface area contributed by atoms with Crippen LogP contribution >= 0.6 is 0 Å². The van der Waals surface area contributed by atoms with Gasteiger partial charge in [0.2, 0.25) is 0 Å². The zero-order chi connectivity index (χ0) is 15.3. The second-order valence-corrected chi connectivity index (χ2v) is 7.58. The fourth-order valence-electron chi connectivity index (χ4n) is 4.50. The first-order valence-electron chi connectivity index (χ1n) is 7.97. The van der Waals surface area contributed by atoms with Crippen LogP contribution in [0.4, 0.5) is 4.39 Å². The molecule has 2 aliphatic rings. The van der Waals surface area contributed by atoms with Crippen molar-refractivity contribution in [1.29, 1.82) is 0 Å². The molecular formula is C18H26FNO. The molecule has 0 amide bonds. The number of fused-ring (bicyclic) bond motifs is 2. The number of benzene rings is 1. The zero-order valence-corrected chi connectivity index (χ0v) is 13.3. The van der Waals surface area contributed by atoms with E-state index < -0.39 is 0 Å². The summed E-state index contributed by atoms with van der Waals surface area (Å²) in [4.78, 5) is 0. The van der Waals surface area contributed by atoms with Gasteiger partial charge in [-0.2, -0.15) is 0 Å². The minimum atomic E-state index is -0.226. The van der Waals surface area contributed by atoms with Crippen molar-refractivity contribution in [1.82, 2.24) is 0 Å². The second-order valence-electron chi connectivity index (χ2n) is 7.58. The molecule has 0 saturated heterocycles. The summed E-state index contributed by atoms with van der Waals surface area (Å²) in [6, 6.07) is 5.00. The van der Waals surface area contributed by atoms with Crippen molar-refractivity contribution >= 4 is 0 Å². The van der Waals surface area contributed by atoms with Crippen molar-refractivity contribution in [3.63, 3.8) is 0 Å². The van der Waals surface area contributed by atoms with Crippen LogP contribution < -0.4 is 5.73 Å². The van der Waals surface area contributed by atoms with Crippen molar-refractivity contribution in [3.8, 4) is 0 Å². The Morgan fingerprint density at radius 2 is 1.95 bits per heavy atom. The Balaban J connectivity index is 1.71. The summed E-state index contributed by atoms with van der Waals surface area (Å²) >= 11 is 0. The molecule has 21 heavy (non-hydrogen) atoms. The third-order valence-electron chi connectivity index (χ3n) is 6.42. The monoisotopic (exact) mass is 291 g/mol. The second kappa shape index (κ2) is 5.06. The largest absolute Gasteiger partial charge is 0.373 e. The molecule has 0 spiro atoms. The third kappa shape index (κ3) is 2.31. The van der Waals surface area contributed by atoms with Gasteiger partial charge in [0.15, 0.2) is 0 Å². The minimum Gasteiger partial charge on any atom is -0.373 e. The summed E-state index contributed by atoms with van der Waals surface area (Å²) in [6.07, 6.45) is 3.99. The van der Waals surface area contributed by atoms with Crippen LogP contribution in [0.2, 0.25) is 0 Å².